The van der Waals surface area contributed by atoms with Crippen molar-refractivity contribution in [1.29, 1.82) is 0 Å². The summed E-state index contributed by atoms with van der Waals surface area (Å²) < 4.78 is 2.22. The van der Waals surface area contributed by atoms with Crippen LogP contribution in [0.15, 0.2) is 48.7 Å². The first kappa shape index (κ1) is 11.8. The van der Waals surface area contributed by atoms with Crippen LogP contribution < -0.4 is 5.32 Å². The SMILES string of the molecule is CNC(=O)N1CCn2cccc2[C@H]1c1ccccc1. The monoisotopic (exact) mass is 255 g/mol. The Morgan fingerprint density at radius 2 is 1.95 bits per heavy atom. The predicted octanol–water partition coefficient (Wildman–Crippen LogP) is 2.23. The van der Waals surface area contributed by atoms with Crippen molar-refractivity contribution >= 4 is 6.03 Å². The molecule has 2 amide bonds. The molecule has 0 saturated heterocycles. The van der Waals surface area contributed by atoms with Gasteiger partial charge in [-0.2, -0.15) is 0 Å². The number of urea groups is 1. The van der Waals surface area contributed by atoms with Crippen LogP contribution in [0.1, 0.15) is 17.3 Å². The summed E-state index contributed by atoms with van der Waals surface area (Å²) in [4.78, 5) is 14.0. The van der Waals surface area contributed by atoms with Gasteiger partial charge in [0.2, 0.25) is 0 Å². The minimum Gasteiger partial charge on any atom is -0.348 e. The van der Waals surface area contributed by atoms with Crippen LogP contribution in [-0.2, 0) is 6.54 Å². The van der Waals surface area contributed by atoms with Crippen molar-refractivity contribution in [3.8, 4) is 0 Å². The number of carbonyl (C=O) groups excluding carboxylic acids is 1. The Balaban J connectivity index is 2.07. The Morgan fingerprint density at radius 1 is 1.16 bits per heavy atom. The minimum atomic E-state index is -0.0266. The number of carbonyl (C=O) groups is 1. The molecule has 0 unspecified atom stereocenters. The molecule has 1 aliphatic rings. The van der Waals surface area contributed by atoms with Crippen LogP contribution in [0.25, 0.3) is 0 Å². The number of benzene rings is 1. The second-order valence-corrected chi connectivity index (χ2v) is 4.69. The third-order valence-corrected chi connectivity index (χ3v) is 3.63. The molecule has 0 radical (unpaired) electrons. The lowest BCUT2D eigenvalue weighted by molar-refractivity contribution is 0.171. The summed E-state index contributed by atoms with van der Waals surface area (Å²) in [5.41, 5.74) is 2.31. The summed E-state index contributed by atoms with van der Waals surface area (Å²) in [7, 11) is 1.68. The van der Waals surface area contributed by atoms with Crippen molar-refractivity contribution in [3.63, 3.8) is 0 Å². The summed E-state index contributed by atoms with van der Waals surface area (Å²) >= 11 is 0. The van der Waals surface area contributed by atoms with E-state index in [1.165, 1.54) is 5.69 Å². The summed E-state index contributed by atoms with van der Waals surface area (Å²) in [6.07, 6.45) is 2.08. The van der Waals surface area contributed by atoms with E-state index in [2.05, 4.69) is 34.3 Å². The van der Waals surface area contributed by atoms with Gasteiger partial charge in [0.25, 0.3) is 0 Å². The first-order chi connectivity index (χ1) is 9.31. The quantitative estimate of drug-likeness (QED) is 0.833. The van der Waals surface area contributed by atoms with Gasteiger partial charge in [0.05, 0.1) is 6.04 Å². The van der Waals surface area contributed by atoms with E-state index in [9.17, 15) is 4.79 Å². The van der Waals surface area contributed by atoms with E-state index >= 15 is 0 Å². The third-order valence-electron chi connectivity index (χ3n) is 3.63. The van der Waals surface area contributed by atoms with Gasteiger partial charge >= 0.3 is 6.03 Å². The normalized spacial score (nSPS) is 17.9. The second kappa shape index (κ2) is 4.80. The fourth-order valence-corrected chi connectivity index (χ4v) is 2.73. The van der Waals surface area contributed by atoms with Gasteiger partial charge in [0.15, 0.2) is 0 Å². The molecule has 98 valence electrons. The maximum Gasteiger partial charge on any atom is 0.318 e. The highest BCUT2D eigenvalue weighted by Gasteiger charge is 2.31. The topological polar surface area (TPSA) is 37.3 Å². The van der Waals surface area contributed by atoms with E-state index in [1.807, 2.05) is 29.2 Å². The number of nitrogens with one attached hydrogen (secondary N) is 1. The van der Waals surface area contributed by atoms with Crippen molar-refractivity contribution in [1.82, 2.24) is 14.8 Å². The van der Waals surface area contributed by atoms with Gasteiger partial charge in [-0.25, -0.2) is 4.79 Å². The van der Waals surface area contributed by atoms with Crippen molar-refractivity contribution in [2.45, 2.75) is 12.6 Å². The number of nitrogens with zero attached hydrogens (tertiary/aromatic N) is 2. The number of hydrogen-bond donors (Lipinski definition) is 1. The third kappa shape index (κ3) is 1.99. The smallest absolute Gasteiger partial charge is 0.318 e. The molecular formula is C15H17N3O. The molecule has 1 aromatic heterocycles. The number of aromatic nitrogens is 1. The van der Waals surface area contributed by atoms with Crippen molar-refractivity contribution in [3.05, 3.63) is 59.9 Å². The molecule has 2 aromatic rings. The lowest BCUT2D eigenvalue weighted by Crippen LogP contribution is -2.46. The standard InChI is InChI=1S/C15H17N3O/c1-16-15(19)18-11-10-17-9-5-8-13(17)14(18)12-6-3-2-4-7-12/h2-9,14H,10-11H2,1H3,(H,16,19)/t14-/m1/s1. The number of hydrogen-bond acceptors (Lipinski definition) is 1. The fourth-order valence-electron chi connectivity index (χ4n) is 2.73. The van der Waals surface area contributed by atoms with Crippen LogP contribution in [0.4, 0.5) is 4.79 Å². The molecule has 0 aliphatic carbocycles. The van der Waals surface area contributed by atoms with E-state index in [4.69, 9.17) is 0 Å². The molecule has 1 aromatic carbocycles. The molecule has 0 fully saturated rings. The molecule has 1 atom stereocenters. The number of fused-ring (bicyclic) bond motifs is 1. The fraction of sp³-hybridized carbons (Fsp3) is 0.267. The van der Waals surface area contributed by atoms with E-state index in [0.29, 0.717) is 0 Å². The molecular weight excluding hydrogens is 238 g/mol. The van der Waals surface area contributed by atoms with E-state index in [0.717, 1.165) is 18.7 Å². The molecule has 0 saturated carbocycles. The van der Waals surface area contributed by atoms with Gasteiger partial charge in [-0.15, -0.1) is 0 Å². The Hall–Kier alpha value is -2.23. The highest BCUT2D eigenvalue weighted by Crippen LogP contribution is 2.32. The largest absolute Gasteiger partial charge is 0.348 e. The summed E-state index contributed by atoms with van der Waals surface area (Å²) in [5.74, 6) is 0. The zero-order valence-electron chi connectivity index (χ0n) is 10.9. The van der Waals surface area contributed by atoms with Crippen molar-refractivity contribution < 1.29 is 4.79 Å². The highest BCUT2D eigenvalue weighted by atomic mass is 16.2. The molecule has 1 N–H and O–H groups in total. The summed E-state index contributed by atoms with van der Waals surface area (Å²) in [5, 5.41) is 2.74. The van der Waals surface area contributed by atoms with E-state index < -0.39 is 0 Å². The van der Waals surface area contributed by atoms with Crippen molar-refractivity contribution in [2.75, 3.05) is 13.6 Å². The molecule has 0 spiro atoms. The lowest BCUT2D eigenvalue weighted by Gasteiger charge is -2.37. The zero-order chi connectivity index (χ0) is 13.2. The average molecular weight is 255 g/mol. The Morgan fingerprint density at radius 3 is 2.68 bits per heavy atom. The van der Waals surface area contributed by atoms with E-state index in [1.54, 1.807) is 7.05 Å². The van der Waals surface area contributed by atoms with Gasteiger partial charge in [-0.3, -0.25) is 0 Å². The second-order valence-electron chi connectivity index (χ2n) is 4.69. The Labute approximate surface area is 112 Å². The zero-order valence-corrected chi connectivity index (χ0v) is 10.9. The maximum absolute atomic E-state index is 12.1. The molecule has 4 heteroatoms. The summed E-state index contributed by atoms with van der Waals surface area (Å²) in [6.45, 7) is 1.57. The summed E-state index contributed by atoms with van der Waals surface area (Å²) in [6, 6.07) is 14.3. The molecule has 1 aliphatic heterocycles. The van der Waals surface area contributed by atoms with E-state index in [-0.39, 0.29) is 12.1 Å². The first-order valence-corrected chi connectivity index (χ1v) is 6.49. The van der Waals surface area contributed by atoms with Crippen LogP contribution in [0.3, 0.4) is 0 Å². The Kier molecular flexibility index (Phi) is 2.99. The molecule has 4 nitrogen and oxygen atoms in total. The molecule has 19 heavy (non-hydrogen) atoms. The Bertz CT molecular complexity index is 576. The number of rotatable bonds is 1. The van der Waals surface area contributed by atoms with Gasteiger partial charge in [0.1, 0.15) is 0 Å². The first-order valence-electron chi connectivity index (χ1n) is 6.49. The van der Waals surface area contributed by atoms with Gasteiger partial charge in [-0.05, 0) is 17.7 Å². The van der Waals surface area contributed by atoms with Crippen LogP contribution in [0.5, 0.6) is 0 Å². The van der Waals surface area contributed by atoms with Crippen LogP contribution in [-0.4, -0.2) is 29.1 Å². The average Bonchev–Trinajstić information content (AvgIpc) is 2.94. The van der Waals surface area contributed by atoms with Crippen LogP contribution in [0.2, 0.25) is 0 Å². The van der Waals surface area contributed by atoms with Gasteiger partial charge in [-0.1, -0.05) is 30.3 Å². The highest BCUT2D eigenvalue weighted by molar-refractivity contribution is 5.75. The van der Waals surface area contributed by atoms with Crippen LogP contribution in [0, 0.1) is 0 Å². The maximum atomic E-state index is 12.1. The van der Waals surface area contributed by atoms with Gasteiger partial charge in [0, 0.05) is 32.0 Å². The van der Waals surface area contributed by atoms with Crippen molar-refractivity contribution in [2.24, 2.45) is 0 Å². The van der Waals surface area contributed by atoms with Crippen LogP contribution >= 0.6 is 0 Å². The predicted molar refractivity (Wildman–Crippen MR) is 73.9 cm³/mol. The molecule has 2 heterocycles. The molecule has 0 bridgehead atoms. The lowest BCUT2D eigenvalue weighted by atomic mass is 10.0. The number of amides is 2. The van der Waals surface area contributed by atoms with Gasteiger partial charge < -0.3 is 14.8 Å². The molecule has 3 rings (SSSR count). The minimum absolute atomic E-state index is 0.00935.